The van der Waals surface area contributed by atoms with Gasteiger partial charge in [-0.3, -0.25) is 0 Å². The van der Waals surface area contributed by atoms with Gasteiger partial charge in [0.1, 0.15) is 5.82 Å². The third-order valence-corrected chi connectivity index (χ3v) is 5.49. The molecule has 0 heterocycles. The molecule has 0 aliphatic heterocycles. The topological polar surface area (TPSA) is 46.2 Å². The summed E-state index contributed by atoms with van der Waals surface area (Å²) in [5.74, 6) is 0.404. The molecule has 1 rings (SSSR count). The van der Waals surface area contributed by atoms with Gasteiger partial charge >= 0.3 is 0 Å². The molecule has 3 nitrogen and oxygen atoms in total. The fourth-order valence-electron chi connectivity index (χ4n) is 2.17. The first kappa shape index (κ1) is 17.6. The predicted molar refractivity (Wildman–Crippen MR) is 82.5 cm³/mol. The normalized spacial score (nSPS) is 12.7. The third-order valence-electron chi connectivity index (χ3n) is 3.42. The number of benzene rings is 1. The van der Waals surface area contributed by atoms with Crippen LogP contribution in [0.4, 0.5) is 4.39 Å². The predicted octanol–water partition coefficient (Wildman–Crippen LogP) is 3.79. The monoisotopic (exact) mass is 365 g/mol. The van der Waals surface area contributed by atoms with Gasteiger partial charge in [-0.1, -0.05) is 27.7 Å². The van der Waals surface area contributed by atoms with Crippen molar-refractivity contribution in [1.29, 1.82) is 0 Å². The molecule has 1 aromatic rings. The van der Waals surface area contributed by atoms with E-state index in [0.29, 0.717) is 18.4 Å². The molecule has 0 aliphatic carbocycles. The van der Waals surface area contributed by atoms with Gasteiger partial charge < -0.3 is 0 Å². The first-order valence-corrected chi connectivity index (χ1v) is 8.87. The number of hydrogen-bond donors (Lipinski definition) is 1. The molecular formula is C14H21BrFNO2S. The Hall–Kier alpha value is -0.460. The molecule has 0 bridgehead atoms. The average Bonchev–Trinajstić information content (AvgIpc) is 2.31. The molecule has 0 saturated heterocycles. The largest absolute Gasteiger partial charge is 0.240 e. The molecule has 1 aromatic carbocycles. The van der Waals surface area contributed by atoms with E-state index in [1.807, 2.05) is 0 Å². The van der Waals surface area contributed by atoms with Crippen LogP contribution in [-0.2, 0) is 10.0 Å². The molecule has 0 aromatic heterocycles. The van der Waals surface area contributed by atoms with Crippen molar-refractivity contribution in [3.05, 3.63) is 28.5 Å². The van der Waals surface area contributed by atoms with E-state index in [9.17, 15) is 12.8 Å². The second kappa shape index (κ2) is 7.00. The van der Waals surface area contributed by atoms with Gasteiger partial charge in [0.25, 0.3) is 0 Å². The number of rotatable bonds is 6. The highest BCUT2D eigenvalue weighted by atomic mass is 79.9. The van der Waals surface area contributed by atoms with Gasteiger partial charge in [0.05, 0.1) is 9.37 Å². The maximum absolute atomic E-state index is 13.4. The van der Waals surface area contributed by atoms with Crippen LogP contribution in [0.15, 0.2) is 27.6 Å². The maximum Gasteiger partial charge on any atom is 0.240 e. The summed E-state index contributed by atoms with van der Waals surface area (Å²) in [6.45, 7) is 8.63. The summed E-state index contributed by atoms with van der Waals surface area (Å²) in [4.78, 5) is -0.0514. The highest BCUT2D eigenvalue weighted by Crippen LogP contribution is 2.22. The van der Waals surface area contributed by atoms with Crippen LogP contribution in [0, 0.1) is 23.6 Å². The van der Waals surface area contributed by atoms with Crippen molar-refractivity contribution in [3.8, 4) is 0 Å². The first-order chi connectivity index (χ1) is 9.15. The van der Waals surface area contributed by atoms with E-state index in [2.05, 4.69) is 48.3 Å². The second-order valence-electron chi connectivity index (χ2n) is 5.58. The van der Waals surface area contributed by atoms with Crippen molar-refractivity contribution in [1.82, 2.24) is 4.72 Å². The highest BCUT2D eigenvalue weighted by Gasteiger charge is 2.22. The lowest BCUT2D eigenvalue weighted by Crippen LogP contribution is -2.34. The Labute approximate surface area is 129 Å². The fourth-order valence-corrected chi connectivity index (χ4v) is 3.51. The Morgan fingerprint density at radius 3 is 2.20 bits per heavy atom. The van der Waals surface area contributed by atoms with Crippen LogP contribution in [0.2, 0.25) is 0 Å². The molecule has 0 aliphatic rings. The van der Waals surface area contributed by atoms with Crippen molar-refractivity contribution in [3.63, 3.8) is 0 Å². The zero-order chi connectivity index (χ0) is 15.5. The number of hydrogen-bond acceptors (Lipinski definition) is 2. The van der Waals surface area contributed by atoms with Crippen molar-refractivity contribution >= 4 is 26.0 Å². The Morgan fingerprint density at radius 1 is 1.20 bits per heavy atom. The van der Waals surface area contributed by atoms with Crippen LogP contribution in [0.3, 0.4) is 0 Å². The number of sulfonamides is 1. The van der Waals surface area contributed by atoms with E-state index < -0.39 is 15.8 Å². The standard InChI is InChI=1S/C14H21BrFNO2S/c1-9(2)12(10(3)4)8-17-20(18,19)11-5-6-13(15)14(16)7-11/h5-7,9-10,12,17H,8H2,1-4H3. The van der Waals surface area contributed by atoms with E-state index in [1.54, 1.807) is 0 Å². The molecule has 0 fully saturated rings. The van der Waals surface area contributed by atoms with Crippen LogP contribution in [0.1, 0.15) is 27.7 Å². The van der Waals surface area contributed by atoms with E-state index in [-0.39, 0.29) is 15.3 Å². The zero-order valence-electron chi connectivity index (χ0n) is 12.2. The van der Waals surface area contributed by atoms with Crippen molar-refractivity contribution in [2.24, 2.45) is 17.8 Å². The van der Waals surface area contributed by atoms with Crippen molar-refractivity contribution in [2.75, 3.05) is 6.54 Å². The van der Waals surface area contributed by atoms with E-state index in [4.69, 9.17) is 0 Å². The van der Waals surface area contributed by atoms with Crippen LogP contribution in [0.5, 0.6) is 0 Å². The average molecular weight is 366 g/mol. The van der Waals surface area contributed by atoms with Gasteiger partial charge in [-0.15, -0.1) is 0 Å². The quantitative estimate of drug-likeness (QED) is 0.833. The summed E-state index contributed by atoms with van der Waals surface area (Å²) >= 11 is 3.01. The maximum atomic E-state index is 13.4. The number of halogens is 2. The summed E-state index contributed by atoms with van der Waals surface area (Å²) in [7, 11) is -3.67. The lowest BCUT2D eigenvalue weighted by Gasteiger charge is -2.25. The molecule has 0 amide bonds. The van der Waals surface area contributed by atoms with E-state index in [0.717, 1.165) is 6.07 Å². The van der Waals surface area contributed by atoms with Gasteiger partial charge in [0.15, 0.2) is 0 Å². The highest BCUT2D eigenvalue weighted by molar-refractivity contribution is 9.10. The molecule has 1 N–H and O–H groups in total. The molecule has 0 unspecified atom stereocenters. The number of nitrogens with one attached hydrogen (secondary N) is 1. The van der Waals surface area contributed by atoms with Crippen molar-refractivity contribution in [2.45, 2.75) is 32.6 Å². The minimum atomic E-state index is -3.67. The minimum absolute atomic E-state index is 0.0514. The Bertz CT molecular complexity index is 550. The molecule has 114 valence electrons. The molecule has 0 saturated carbocycles. The van der Waals surface area contributed by atoms with Crippen LogP contribution < -0.4 is 4.72 Å². The minimum Gasteiger partial charge on any atom is -0.211 e. The smallest absolute Gasteiger partial charge is 0.211 e. The van der Waals surface area contributed by atoms with Gasteiger partial charge in [0.2, 0.25) is 10.0 Å². The van der Waals surface area contributed by atoms with E-state index >= 15 is 0 Å². The van der Waals surface area contributed by atoms with Crippen LogP contribution in [-0.4, -0.2) is 15.0 Å². The summed E-state index contributed by atoms with van der Waals surface area (Å²) in [6, 6.07) is 3.80. The summed E-state index contributed by atoms with van der Waals surface area (Å²) in [5, 5.41) is 0. The second-order valence-corrected chi connectivity index (χ2v) is 8.20. The van der Waals surface area contributed by atoms with Crippen LogP contribution >= 0.6 is 15.9 Å². The fraction of sp³-hybridized carbons (Fsp3) is 0.571. The first-order valence-electron chi connectivity index (χ1n) is 6.60. The Balaban J connectivity index is 2.87. The SMILES string of the molecule is CC(C)C(CNS(=O)(=O)c1ccc(Br)c(F)c1)C(C)C. The molecule has 0 radical (unpaired) electrons. The van der Waals surface area contributed by atoms with Crippen LogP contribution in [0.25, 0.3) is 0 Å². The van der Waals surface area contributed by atoms with E-state index in [1.165, 1.54) is 12.1 Å². The Morgan fingerprint density at radius 2 is 1.75 bits per heavy atom. The summed E-state index contributed by atoms with van der Waals surface area (Å²) in [6.07, 6.45) is 0. The van der Waals surface area contributed by atoms with Gasteiger partial charge in [0, 0.05) is 6.54 Å². The Kier molecular flexibility index (Phi) is 6.16. The zero-order valence-corrected chi connectivity index (χ0v) is 14.6. The molecule has 0 spiro atoms. The van der Waals surface area contributed by atoms with Gasteiger partial charge in [-0.25, -0.2) is 17.5 Å². The third kappa shape index (κ3) is 4.53. The molecule has 20 heavy (non-hydrogen) atoms. The lowest BCUT2D eigenvalue weighted by atomic mass is 9.86. The summed E-state index contributed by atoms with van der Waals surface area (Å²) in [5.41, 5.74) is 0. The summed E-state index contributed by atoms with van der Waals surface area (Å²) < 4.78 is 40.6. The molecule has 6 heteroatoms. The van der Waals surface area contributed by atoms with Crippen molar-refractivity contribution < 1.29 is 12.8 Å². The molecular weight excluding hydrogens is 345 g/mol. The lowest BCUT2D eigenvalue weighted by molar-refractivity contribution is 0.289. The molecule has 0 atom stereocenters. The van der Waals surface area contributed by atoms with Gasteiger partial charge in [-0.05, 0) is 51.9 Å². The van der Waals surface area contributed by atoms with Gasteiger partial charge in [-0.2, -0.15) is 0 Å².